The van der Waals surface area contributed by atoms with Crippen LogP contribution in [0.15, 0.2) is 24.3 Å². The first-order chi connectivity index (χ1) is 11.9. The number of ether oxygens (including phenoxy) is 1. The molecule has 3 heterocycles. The first kappa shape index (κ1) is 17.9. The topological polar surface area (TPSA) is 78.9 Å². The highest BCUT2D eigenvalue weighted by atomic mass is 16.5. The summed E-state index contributed by atoms with van der Waals surface area (Å²) < 4.78 is 5.65. The van der Waals surface area contributed by atoms with Crippen LogP contribution in [-0.2, 0) is 4.79 Å². The minimum absolute atomic E-state index is 0.0490. The predicted octanol–water partition coefficient (Wildman–Crippen LogP) is 1.23. The number of nitrogens with one attached hydrogen (secondary N) is 1. The molecule has 0 aliphatic carbocycles. The first-order valence-electron chi connectivity index (χ1n) is 8.87. The summed E-state index contributed by atoms with van der Waals surface area (Å²) in [5.74, 6) is 0.420. The van der Waals surface area contributed by atoms with E-state index in [1.165, 1.54) is 6.92 Å². The van der Waals surface area contributed by atoms with E-state index in [2.05, 4.69) is 10.2 Å². The molecule has 2 bridgehead atoms. The number of rotatable bonds is 6. The molecular weight excluding hydrogens is 320 g/mol. The molecule has 1 aromatic carbocycles. The third-order valence-corrected chi connectivity index (χ3v) is 5.34. The molecule has 0 spiro atoms. The number of amides is 1. The number of nitrogens with zero attached hydrogens (tertiary/aromatic N) is 1. The van der Waals surface area contributed by atoms with Gasteiger partial charge in [-0.25, -0.2) is 0 Å². The van der Waals surface area contributed by atoms with Crippen LogP contribution < -0.4 is 10.1 Å². The molecule has 6 nitrogen and oxygen atoms in total. The van der Waals surface area contributed by atoms with Gasteiger partial charge in [0.15, 0.2) is 11.9 Å². The fourth-order valence-electron chi connectivity index (χ4n) is 3.77. The molecule has 1 amide bonds. The number of fused-ring (bicyclic) bond motifs is 3. The number of ketones is 1. The molecule has 0 saturated carbocycles. The van der Waals surface area contributed by atoms with Gasteiger partial charge in [-0.3, -0.25) is 9.59 Å². The maximum atomic E-state index is 12.3. The number of piperidine rings is 3. The zero-order valence-electron chi connectivity index (χ0n) is 14.8. The standard InChI is InChI=1S/C19H26N2O4/c1-13(22)15-4-3-5-17(10-15)25-14(2)18(23)20-11-19(24)12-21-8-6-16(19)7-9-21/h3-5,10,14,16,24H,6-9,11-12H2,1-2H3,(H,20,23). The Morgan fingerprint density at radius 2 is 2.12 bits per heavy atom. The second-order valence-electron chi connectivity index (χ2n) is 7.22. The Morgan fingerprint density at radius 3 is 2.72 bits per heavy atom. The summed E-state index contributed by atoms with van der Waals surface area (Å²) in [5, 5.41) is 13.7. The van der Waals surface area contributed by atoms with E-state index in [4.69, 9.17) is 4.74 Å². The van der Waals surface area contributed by atoms with Crippen molar-refractivity contribution in [1.82, 2.24) is 10.2 Å². The van der Waals surface area contributed by atoms with Crippen LogP contribution in [0.5, 0.6) is 5.75 Å². The molecule has 1 aromatic rings. The average Bonchev–Trinajstić information content (AvgIpc) is 2.60. The second kappa shape index (κ2) is 7.14. The SMILES string of the molecule is CC(=O)c1cccc(OC(C)C(=O)NCC2(O)CN3CCC2CC3)c1. The zero-order valence-corrected chi connectivity index (χ0v) is 14.8. The lowest BCUT2D eigenvalue weighted by Crippen LogP contribution is -2.63. The number of aliphatic hydroxyl groups is 1. The van der Waals surface area contributed by atoms with Crippen molar-refractivity contribution in [3.63, 3.8) is 0 Å². The van der Waals surface area contributed by atoms with Gasteiger partial charge in [0, 0.05) is 18.7 Å². The Balaban J connectivity index is 1.54. The van der Waals surface area contributed by atoms with Crippen LogP contribution in [0.3, 0.4) is 0 Å². The Bertz CT molecular complexity index is 655. The Hall–Kier alpha value is -1.92. The van der Waals surface area contributed by atoms with Crippen molar-refractivity contribution in [2.45, 2.75) is 38.4 Å². The maximum absolute atomic E-state index is 12.3. The second-order valence-corrected chi connectivity index (χ2v) is 7.22. The van der Waals surface area contributed by atoms with Crippen molar-refractivity contribution in [1.29, 1.82) is 0 Å². The smallest absolute Gasteiger partial charge is 0.260 e. The number of carbonyl (C=O) groups excluding carboxylic acids is 2. The van der Waals surface area contributed by atoms with Crippen LogP contribution in [0, 0.1) is 5.92 Å². The highest BCUT2D eigenvalue weighted by molar-refractivity contribution is 5.94. The van der Waals surface area contributed by atoms with E-state index in [0.717, 1.165) is 25.9 Å². The molecule has 3 saturated heterocycles. The van der Waals surface area contributed by atoms with Gasteiger partial charge >= 0.3 is 0 Å². The van der Waals surface area contributed by atoms with Crippen LogP contribution in [0.1, 0.15) is 37.0 Å². The van der Waals surface area contributed by atoms with Crippen LogP contribution in [0.25, 0.3) is 0 Å². The fourth-order valence-corrected chi connectivity index (χ4v) is 3.77. The number of hydrogen-bond donors (Lipinski definition) is 2. The van der Waals surface area contributed by atoms with Crippen molar-refractivity contribution in [3.05, 3.63) is 29.8 Å². The summed E-state index contributed by atoms with van der Waals surface area (Å²) in [6, 6.07) is 6.79. The highest BCUT2D eigenvalue weighted by Gasteiger charge is 2.45. The van der Waals surface area contributed by atoms with Gasteiger partial charge in [-0.1, -0.05) is 12.1 Å². The van der Waals surface area contributed by atoms with Crippen molar-refractivity contribution in [3.8, 4) is 5.75 Å². The van der Waals surface area contributed by atoms with Crippen molar-refractivity contribution in [2.24, 2.45) is 5.92 Å². The molecule has 2 atom stereocenters. The van der Waals surface area contributed by atoms with E-state index in [1.807, 2.05) is 0 Å². The van der Waals surface area contributed by atoms with Gasteiger partial charge in [-0.2, -0.15) is 0 Å². The summed E-state index contributed by atoms with van der Waals surface area (Å²) in [5.41, 5.74) is -0.299. The quantitative estimate of drug-likeness (QED) is 0.758. The number of hydrogen-bond acceptors (Lipinski definition) is 5. The van der Waals surface area contributed by atoms with Crippen LogP contribution in [0.2, 0.25) is 0 Å². The van der Waals surface area contributed by atoms with Gasteiger partial charge in [0.2, 0.25) is 0 Å². The van der Waals surface area contributed by atoms with Gasteiger partial charge in [0.25, 0.3) is 5.91 Å². The van der Waals surface area contributed by atoms with Crippen molar-refractivity contribution < 1.29 is 19.4 Å². The summed E-state index contributed by atoms with van der Waals surface area (Å²) in [6.07, 6.45) is 1.26. The van der Waals surface area contributed by atoms with E-state index in [1.54, 1.807) is 31.2 Å². The number of Topliss-reactive ketones (excluding diaryl/α,β-unsaturated/α-hetero) is 1. The Morgan fingerprint density at radius 1 is 1.40 bits per heavy atom. The van der Waals surface area contributed by atoms with Crippen LogP contribution in [0.4, 0.5) is 0 Å². The largest absolute Gasteiger partial charge is 0.481 e. The molecule has 25 heavy (non-hydrogen) atoms. The highest BCUT2D eigenvalue weighted by Crippen LogP contribution is 2.35. The van der Waals surface area contributed by atoms with Crippen molar-refractivity contribution in [2.75, 3.05) is 26.2 Å². The zero-order chi connectivity index (χ0) is 18.0. The number of benzene rings is 1. The molecule has 4 rings (SSSR count). The molecule has 0 aromatic heterocycles. The molecule has 3 aliphatic rings. The third kappa shape index (κ3) is 4.02. The molecule has 3 aliphatic heterocycles. The van der Waals surface area contributed by atoms with E-state index in [9.17, 15) is 14.7 Å². The molecular formula is C19H26N2O4. The molecule has 2 N–H and O–H groups in total. The maximum Gasteiger partial charge on any atom is 0.260 e. The fraction of sp³-hybridized carbons (Fsp3) is 0.579. The molecule has 136 valence electrons. The van der Waals surface area contributed by atoms with Gasteiger partial charge in [0.1, 0.15) is 5.75 Å². The minimum atomic E-state index is -0.847. The van der Waals surface area contributed by atoms with E-state index in [0.29, 0.717) is 17.9 Å². The minimum Gasteiger partial charge on any atom is -0.481 e. The molecule has 0 radical (unpaired) electrons. The predicted molar refractivity (Wildman–Crippen MR) is 93.7 cm³/mol. The molecule has 2 unspecified atom stereocenters. The Labute approximate surface area is 148 Å². The summed E-state index contributed by atoms with van der Waals surface area (Å²) in [7, 11) is 0. The molecule has 3 fully saturated rings. The number of carbonyl (C=O) groups is 2. The van der Waals surface area contributed by atoms with Gasteiger partial charge in [-0.05, 0) is 57.8 Å². The van der Waals surface area contributed by atoms with E-state index in [-0.39, 0.29) is 24.2 Å². The summed E-state index contributed by atoms with van der Waals surface area (Å²) >= 11 is 0. The molecule has 6 heteroatoms. The van der Waals surface area contributed by atoms with E-state index < -0.39 is 11.7 Å². The lowest BCUT2D eigenvalue weighted by molar-refractivity contribution is -0.134. The van der Waals surface area contributed by atoms with Crippen LogP contribution in [-0.4, -0.2) is 59.6 Å². The van der Waals surface area contributed by atoms with Crippen LogP contribution >= 0.6 is 0 Å². The summed E-state index contributed by atoms with van der Waals surface area (Å²) in [4.78, 5) is 26.0. The van der Waals surface area contributed by atoms with Crippen molar-refractivity contribution >= 4 is 11.7 Å². The lowest BCUT2D eigenvalue weighted by Gasteiger charge is -2.50. The monoisotopic (exact) mass is 346 g/mol. The summed E-state index contributed by atoms with van der Waals surface area (Å²) in [6.45, 7) is 6.09. The third-order valence-electron chi connectivity index (χ3n) is 5.34. The van der Waals surface area contributed by atoms with Gasteiger partial charge in [-0.15, -0.1) is 0 Å². The van der Waals surface area contributed by atoms with Gasteiger partial charge < -0.3 is 20.1 Å². The normalized spacial score (nSPS) is 29.1. The van der Waals surface area contributed by atoms with E-state index >= 15 is 0 Å². The lowest BCUT2D eigenvalue weighted by atomic mass is 9.75. The average molecular weight is 346 g/mol. The first-order valence-corrected chi connectivity index (χ1v) is 8.87. The van der Waals surface area contributed by atoms with Gasteiger partial charge in [0.05, 0.1) is 5.60 Å². The Kier molecular flexibility index (Phi) is 5.11.